The molecular formula is C13H14N2OS. The Morgan fingerprint density at radius 2 is 2.24 bits per heavy atom. The number of hydrogen-bond acceptors (Lipinski definition) is 3. The highest BCUT2D eigenvalue weighted by Crippen LogP contribution is 2.20. The van der Waals surface area contributed by atoms with E-state index < -0.39 is 0 Å². The Hall–Kier alpha value is -1.60. The smallest absolute Gasteiger partial charge is 0.259 e. The summed E-state index contributed by atoms with van der Waals surface area (Å²) in [5, 5.41) is 11.6. The number of nitriles is 1. The molecule has 3 nitrogen and oxygen atoms in total. The fraction of sp³-hybridized carbons (Fsp3) is 0.385. The van der Waals surface area contributed by atoms with Crippen LogP contribution in [0.3, 0.4) is 0 Å². The van der Waals surface area contributed by atoms with Crippen molar-refractivity contribution in [2.45, 2.75) is 26.8 Å². The second kappa shape index (κ2) is 4.34. The van der Waals surface area contributed by atoms with Gasteiger partial charge in [-0.15, -0.1) is 11.3 Å². The standard InChI is InChI=1S/C13H14N2OS/c1-13(2,9-14)5-7-15-6-3-11-10(12(15)16)4-8-17-11/h3-4,6,8H,5,7H2,1-2H3. The summed E-state index contributed by atoms with van der Waals surface area (Å²) in [7, 11) is 0. The van der Waals surface area contributed by atoms with E-state index in [0.29, 0.717) is 13.0 Å². The van der Waals surface area contributed by atoms with Crippen LogP contribution in [0.2, 0.25) is 0 Å². The van der Waals surface area contributed by atoms with Crippen molar-refractivity contribution in [3.8, 4) is 6.07 Å². The van der Waals surface area contributed by atoms with Gasteiger partial charge in [0.25, 0.3) is 5.56 Å². The third-order valence-corrected chi connectivity index (χ3v) is 3.75. The van der Waals surface area contributed by atoms with E-state index in [1.54, 1.807) is 15.9 Å². The predicted octanol–water partition coefficient (Wildman–Crippen LogP) is 3.00. The van der Waals surface area contributed by atoms with Gasteiger partial charge in [-0.25, -0.2) is 0 Å². The lowest BCUT2D eigenvalue weighted by atomic mass is 9.91. The monoisotopic (exact) mass is 246 g/mol. The number of fused-ring (bicyclic) bond motifs is 1. The molecule has 0 saturated carbocycles. The summed E-state index contributed by atoms with van der Waals surface area (Å²) in [6.45, 7) is 4.37. The molecule has 4 heteroatoms. The molecule has 0 spiro atoms. The number of hydrogen-bond donors (Lipinski definition) is 0. The molecule has 2 aromatic heterocycles. The minimum absolute atomic E-state index is 0.0393. The highest BCUT2D eigenvalue weighted by molar-refractivity contribution is 7.17. The largest absolute Gasteiger partial charge is 0.315 e. The number of pyridine rings is 1. The summed E-state index contributed by atoms with van der Waals surface area (Å²) in [4.78, 5) is 12.1. The Balaban J connectivity index is 2.29. The van der Waals surface area contributed by atoms with Crippen molar-refractivity contribution in [1.82, 2.24) is 4.57 Å². The zero-order valence-electron chi connectivity index (χ0n) is 9.93. The van der Waals surface area contributed by atoms with Gasteiger partial charge >= 0.3 is 0 Å². The highest BCUT2D eigenvalue weighted by Gasteiger charge is 2.16. The molecule has 0 saturated heterocycles. The van der Waals surface area contributed by atoms with E-state index in [1.165, 1.54) is 0 Å². The molecule has 0 radical (unpaired) electrons. The SMILES string of the molecule is CC(C)(C#N)CCn1ccc2sccc2c1=O. The molecule has 17 heavy (non-hydrogen) atoms. The number of rotatable bonds is 3. The molecule has 0 bridgehead atoms. The van der Waals surface area contributed by atoms with E-state index in [0.717, 1.165) is 10.1 Å². The molecule has 88 valence electrons. The van der Waals surface area contributed by atoms with Gasteiger partial charge in [-0.2, -0.15) is 5.26 Å². The zero-order valence-corrected chi connectivity index (χ0v) is 10.8. The van der Waals surface area contributed by atoms with Crippen LogP contribution in [0.15, 0.2) is 28.5 Å². The lowest BCUT2D eigenvalue weighted by Gasteiger charge is -2.15. The molecule has 2 aromatic rings. The van der Waals surface area contributed by atoms with Crippen molar-refractivity contribution in [1.29, 1.82) is 5.26 Å². The molecule has 0 N–H and O–H groups in total. The average molecular weight is 246 g/mol. The van der Waals surface area contributed by atoms with Gasteiger partial charge < -0.3 is 4.57 Å². The summed E-state index contributed by atoms with van der Waals surface area (Å²) >= 11 is 1.57. The fourth-order valence-corrected chi connectivity index (χ4v) is 2.41. The van der Waals surface area contributed by atoms with Crippen molar-refractivity contribution in [2.75, 3.05) is 0 Å². The Bertz CT molecular complexity index is 631. The molecule has 0 atom stereocenters. The minimum Gasteiger partial charge on any atom is -0.315 e. The van der Waals surface area contributed by atoms with E-state index >= 15 is 0 Å². The minimum atomic E-state index is -0.386. The fourth-order valence-electron chi connectivity index (χ4n) is 1.64. The second-order valence-corrected chi connectivity index (χ2v) is 5.71. The van der Waals surface area contributed by atoms with Gasteiger partial charge in [-0.3, -0.25) is 4.79 Å². The number of nitrogens with zero attached hydrogens (tertiary/aromatic N) is 2. The van der Waals surface area contributed by atoms with E-state index in [-0.39, 0.29) is 11.0 Å². The van der Waals surface area contributed by atoms with Crippen LogP contribution in [0.25, 0.3) is 10.1 Å². The van der Waals surface area contributed by atoms with Crippen LogP contribution in [-0.4, -0.2) is 4.57 Å². The molecule has 0 aliphatic rings. The van der Waals surface area contributed by atoms with Crippen molar-refractivity contribution < 1.29 is 0 Å². The van der Waals surface area contributed by atoms with Gasteiger partial charge in [0.15, 0.2) is 0 Å². The quantitative estimate of drug-likeness (QED) is 0.835. The molecule has 0 amide bonds. The van der Waals surface area contributed by atoms with Crippen LogP contribution < -0.4 is 5.56 Å². The third-order valence-electron chi connectivity index (χ3n) is 2.87. The molecule has 0 unspecified atom stereocenters. The maximum absolute atomic E-state index is 12.1. The summed E-state index contributed by atoms with van der Waals surface area (Å²) in [5.41, 5.74) is -0.347. The maximum atomic E-state index is 12.1. The molecular weight excluding hydrogens is 232 g/mol. The predicted molar refractivity (Wildman–Crippen MR) is 70.1 cm³/mol. The zero-order chi connectivity index (χ0) is 12.5. The van der Waals surface area contributed by atoms with Gasteiger partial charge in [0.1, 0.15) is 0 Å². The first-order valence-electron chi connectivity index (χ1n) is 5.51. The molecule has 0 aliphatic heterocycles. The van der Waals surface area contributed by atoms with Crippen molar-refractivity contribution in [2.24, 2.45) is 5.41 Å². The van der Waals surface area contributed by atoms with Crippen LogP contribution in [0.4, 0.5) is 0 Å². The number of thiophene rings is 1. The third kappa shape index (κ3) is 2.40. The Kier molecular flexibility index (Phi) is 3.03. The number of aromatic nitrogens is 1. The first-order valence-corrected chi connectivity index (χ1v) is 6.39. The lowest BCUT2D eigenvalue weighted by molar-refractivity contribution is 0.410. The van der Waals surface area contributed by atoms with Crippen LogP contribution in [-0.2, 0) is 6.54 Å². The van der Waals surface area contributed by atoms with Gasteiger partial charge in [0.2, 0.25) is 0 Å². The van der Waals surface area contributed by atoms with Gasteiger partial charge in [0.05, 0.1) is 16.9 Å². The van der Waals surface area contributed by atoms with Gasteiger partial charge in [-0.1, -0.05) is 0 Å². The van der Waals surface area contributed by atoms with Gasteiger partial charge in [0, 0.05) is 17.4 Å². The molecule has 2 rings (SSSR count). The van der Waals surface area contributed by atoms with E-state index in [9.17, 15) is 4.79 Å². The molecule has 0 aromatic carbocycles. The van der Waals surface area contributed by atoms with Crippen molar-refractivity contribution in [3.63, 3.8) is 0 Å². The van der Waals surface area contributed by atoms with E-state index in [4.69, 9.17) is 5.26 Å². The van der Waals surface area contributed by atoms with E-state index in [2.05, 4.69) is 6.07 Å². The van der Waals surface area contributed by atoms with Crippen molar-refractivity contribution in [3.05, 3.63) is 34.1 Å². The first-order chi connectivity index (χ1) is 8.03. The van der Waals surface area contributed by atoms with E-state index in [1.807, 2.05) is 37.6 Å². The summed E-state index contributed by atoms with van der Waals surface area (Å²) in [6.07, 6.45) is 2.49. The lowest BCUT2D eigenvalue weighted by Crippen LogP contribution is -2.22. The van der Waals surface area contributed by atoms with Gasteiger partial charge in [-0.05, 0) is 37.8 Å². The highest BCUT2D eigenvalue weighted by atomic mass is 32.1. The Morgan fingerprint density at radius 1 is 1.47 bits per heavy atom. The first kappa shape index (κ1) is 11.9. The second-order valence-electron chi connectivity index (χ2n) is 4.76. The Labute approximate surface area is 104 Å². The van der Waals surface area contributed by atoms with Crippen LogP contribution >= 0.6 is 11.3 Å². The van der Waals surface area contributed by atoms with Crippen molar-refractivity contribution >= 4 is 21.4 Å². The average Bonchev–Trinajstić information content (AvgIpc) is 2.77. The van der Waals surface area contributed by atoms with Crippen LogP contribution in [0, 0.1) is 16.7 Å². The molecule has 2 heterocycles. The summed E-state index contributed by atoms with van der Waals surface area (Å²) in [6, 6.07) is 6.06. The van der Waals surface area contributed by atoms with Crippen LogP contribution in [0.1, 0.15) is 20.3 Å². The maximum Gasteiger partial charge on any atom is 0.259 e. The summed E-state index contributed by atoms with van der Waals surface area (Å²) in [5.74, 6) is 0. The van der Waals surface area contributed by atoms with Crippen LogP contribution in [0.5, 0.6) is 0 Å². The topological polar surface area (TPSA) is 45.8 Å². The molecule has 0 fully saturated rings. The normalized spacial score (nSPS) is 11.6. The Morgan fingerprint density at radius 3 is 2.94 bits per heavy atom. The number of aryl methyl sites for hydroxylation is 1. The molecule has 0 aliphatic carbocycles. The summed E-state index contributed by atoms with van der Waals surface area (Å²) < 4.78 is 2.71.